The second-order valence-corrected chi connectivity index (χ2v) is 5.59. The van der Waals surface area contributed by atoms with Gasteiger partial charge in [0.2, 0.25) is 0 Å². The summed E-state index contributed by atoms with van der Waals surface area (Å²) in [5, 5.41) is 22.1. The molecule has 0 aliphatic carbocycles. The van der Waals surface area contributed by atoms with Crippen LogP contribution in [0.5, 0.6) is 11.5 Å². The molecule has 0 aromatic heterocycles. The van der Waals surface area contributed by atoms with Crippen molar-refractivity contribution in [1.82, 2.24) is 5.32 Å². The van der Waals surface area contributed by atoms with Crippen LogP contribution < -0.4 is 5.32 Å². The van der Waals surface area contributed by atoms with Crippen molar-refractivity contribution in [3.05, 3.63) is 23.8 Å². The van der Waals surface area contributed by atoms with Gasteiger partial charge in [-0.25, -0.2) is 0 Å². The fourth-order valence-corrected chi connectivity index (χ4v) is 2.08. The highest BCUT2D eigenvalue weighted by atomic mass is 16.3. The Morgan fingerprint density at radius 2 is 1.79 bits per heavy atom. The van der Waals surface area contributed by atoms with E-state index in [1.54, 1.807) is 12.1 Å². The van der Waals surface area contributed by atoms with Crippen molar-refractivity contribution in [2.24, 2.45) is 5.92 Å². The molecule has 0 heterocycles. The molecule has 19 heavy (non-hydrogen) atoms. The molecule has 3 N–H and O–H groups in total. The highest BCUT2D eigenvalue weighted by Gasteiger charge is 2.01. The molecule has 0 unspecified atom stereocenters. The summed E-state index contributed by atoms with van der Waals surface area (Å²) in [6.45, 7) is 6.16. The zero-order valence-electron chi connectivity index (χ0n) is 12.2. The first-order valence-electron chi connectivity index (χ1n) is 7.31. The van der Waals surface area contributed by atoms with Crippen LogP contribution in [0.2, 0.25) is 0 Å². The third kappa shape index (κ3) is 7.06. The second kappa shape index (κ2) is 8.81. The molecule has 1 rings (SSSR count). The van der Waals surface area contributed by atoms with E-state index in [1.165, 1.54) is 38.2 Å². The molecule has 0 radical (unpaired) electrons. The average molecular weight is 265 g/mol. The third-order valence-corrected chi connectivity index (χ3v) is 3.27. The van der Waals surface area contributed by atoms with Gasteiger partial charge in [-0.3, -0.25) is 0 Å². The molecule has 0 atom stereocenters. The Morgan fingerprint density at radius 1 is 1.05 bits per heavy atom. The Morgan fingerprint density at radius 3 is 2.47 bits per heavy atom. The van der Waals surface area contributed by atoms with E-state index in [1.807, 2.05) is 0 Å². The standard InChI is InChI=1S/C16H27NO2/c1-13(2)7-5-3-4-6-10-17-12-14-8-9-15(18)11-16(14)19/h8-9,11,13,17-19H,3-7,10,12H2,1-2H3. The van der Waals surface area contributed by atoms with Crippen LogP contribution in [0.4, 0.5) is 0 Å². The van der Waals surface area contributed by atoms with Gasteiger partial charge in [0.15, 0.2) is 0 Å². The molecule has 0 bridgehead atoms. The van der Waals surface area contributed by atoms with Crippen molar-refractivity contribution in [1.29, 1.82) is 0 Å². The number of phenols is 2. The fourth-order valence-electron chi connectivity index (χ4n) is 2.08. The number of unbranched alkanes of at least 4 members (excludes halogenated alkanes) is 3. The number of aromatic hydroxyl groups is 2. The van der Waals surface area contributed by atoms with Crippen molar-refractivity contribution < 1.29 is 10.2 Å². The number of hydrogen-bond acceptors (Lipinski definition) is 3. The lowest BCUT2D eigenvalue weighted by molar-refractivity contribution is 0.443. The molecule has 0 aliphatic rings. The monoisotopic (exact) mass is 265 g/mol. The number of nitrogens with one attached hydrogen (secondary N) is 1. The molecular formula is C16H27NO2. The summed E-state index contributed by atoms with van der Waals surface area (Å²) in [6.07, 6.45) is 6.41. The van der Waals surface area contributed by atoms with Gasteiger partial charge in [0.25, 0.3) is 0 Å². The number of hydrogen-bond donors (Lipinski definition) is 3. The van der Waals surface area contributed by atoms with Crippen molar-refractivity contribution in [3.63, 3.8) is 0 Å². The van der Waals surface area contributed by atoms with E-state index in [-0.39, 0.29) is 11.5 Å². The number of rotatable bonds is 9. The molecule has 0 fully saturated rings. The molecule has 3 heteroatoms. The Kier molecular flexibility index (Phi) is 7.34. The van der Waals surface area contributed by atoms with Gasteiger partial charge in [-0.05, 0) is 24.9 Å². The van der Waals surface area contributed by atoms with Crippen LogP contribution in [0.25, 0.3) is 0 Å². The average Bonchev–Trinajstić information content (AvgIpc) is 2.34. The Bertz CT molecular complexity index is 364. The van der Waals surface area contributed by atoms with Gasteiger partial charge in [0, 0.05) is 18.2 Å². The summed E-state index contributed by atoms with van der Waals surface area (Å²) in [5.74, 6) is 1.08. The maximum atomic E-state index is 9.62. The summed E-state index contributed by atoms with van der Waals surface area (Å²) in [5.41, 5.74) is 0.831. The van der Waals surface area contributed by atoms with Crippen LogP contribution in [0.3, 0.4) is 0 Å². The fraction of sp³-hybridized carbons (Fsp3) is 0.625. The van der Waals surface area contributed by atoms with Gasteiger partial charge >= 0.3 is 0 Å². The normalized spacial score (nSPS) is 11.1. The molecule has 1 aromatic rings. The van der Waals surface area contributed by atoms with E-state index < -0.39 is 0 Å². The highest BCUT2D eigenvalue weighted by molar-refractivity contribution is 5.38. The van der Waals surface area contributed by atoms with Crippen LogP contribution >= 0.6 is 0 Å². The van der Waals surface area contributed by atoms with Gasteiger partial charge in [0.05, 0.1) is 0 Å². The molecule has 0 aliphatic heterocycles. The second-order valence-electron chi connectivity index (χ2n) is 5.59. The lowest BCUT2D eigenvalue weighted by Crippen LogP contribution is -2.14. The minimum absolute atomic E-state index is 0.103. The van der Waals surface area contributed by atoms with E-state index >= 15 is 0 Å². The van der Waals surface area contributed by atoms with Gasteiger partial charge in [-0.1, -0.05) is 45.6 Å². The van der Waals surface area contributed by atoms with Gasteiger partial charge in [0.1, 0.15) is 11.5 Å². The SMILES string of the molecule is CC(C)CCCCCCNCc1ccc(O)cc1O. The summed E-state index contributed by atoms with van der Waals surface area (Å²) in [4.78, 5) is 0. The number of phenolic OH excluding ortho intramolecular Hbond substituents is 2. The molecule has 108 valence electrons. The predicted octanol–water partition coefficient (Wildman–Crippen LogP) is 3.79. The minimum atomic E-state index is 0.103. The Hall–Kier alpha value is -1.22. The van der Waals surface area contributed by atoms with E-state index in [9.17, 15) is 10.2 Å². The first-order valence-corrected chi connectivity index (χ1v) is 7.31. The zero-order valence-corrected chi connectivity index (χ0v) is 12.2. The topological polar surface area (TPSA) is 52.5 Å². The summed E-state index contributed by atoms with van der Waals surface area (Å²) in [6, 6.07) is 4.73. The van der Waals surface area contributed by atoms with E-state index in [2.05, 4.69) is 19.2 Å². The largest absolute Gasteiger partial charge is 0.508 e. The van der Waals surface area contributed by atoms with Gasteiger partial charge in [-0.2, -0.15) is 0 Å². The van der Waals surface area contributed by atoms with Crippen molar-refractivity contribution >= 4 is 0 Å². The van der Waals surface area contributed by atoms with Crippen LogP contribution in [0, 0.1) is 5.92 Å². The van der Waals surface area contributed by atoms with Gasteiger partial charge < -0.3 is 15.5 Å². The lowest BCUT2D eigenvalue weighted by atomic mass is 10.0. The van der Waals surface area contributed by atoms with Crippen LogP contribution in [-0.2, 0) is 6.54 Å². The molecule has 0 spiro atoms. The maximum Gasteiger partial charge on any atom is 0.123 e. The maximum absolute atomic E-state index is 9.62. The Labute approximate surface area is 116 Å². The van der Waals surface area contributed by atoms with Crippen molar-refractivity contribution in [2.75, 3.05) is 6.54 Å². The lowest BCUT2D eigenvalue weighted by Gasteiger charge is -2.07. The summed E-state index contributed by atoms with van der Waals surface area (Å²) >= 11 is 0. The molecule has 1 aromatic carbocycles. The van der Waals surface area contributed by atoms with Crippen LogP contribution in [0.15, 0.2) is 18.2 Å². The smallest absolute Gasteiger partial charge is 0.123 e. The van der Waals surface area contributed by atoms with Gasteiger partial charge in [-0.15, -0.1) is 0 Å². The minimum Gasteiger partial charge on any atom is -0.508 e. The van der Waals surface area contributed by atoms with E-state index in [0.29, 0.717) is 6.54 Å². The zero-order chi connectivity index (χ0) is 14.1. The summed E-state index contributed by atoms with van der Waals surface area (Å²) in [7, 11) is 0. The van der Waals surface area contributed by atoms with Crippen LogP contribution in [-0.4, -0.2) is 16.8 Å². The molecule has 0 amide bonds. The number of benzene rings is 1. The van der Waals surface area contributed by atoms with E-state index in [4.69, 9.17) is 0 Å². The molecule has 0 saturated carbocycles. The van der Waals surface area contributed by atoms with Crippen molar-refractivity contribution in [3.8, 4) is 11.5 Å². The van der Waals surface area contributed by atoms with Crippen LogP contribution in [0.1, 0.15) is 51.5 Å². The quantitative estimate of drug-likeness (QED) is 0.595. The predicted molar refractivity (Wildman–Crippen MR) is 79.4 cm³/mol. The molecular weight excluding hydrogens is 238 g/mol. The first kappa shape index (κ1) is 15.8. The molecule has 0 saturated heterocycles. The summed E-state index contributed by atoms with van der Waals surface area (Å²) < 4.78 is 0. The van der Waals surface area contributed by atoms with Crippen molar-refractivity contribution in [2.45, 2.75) is 52.5 Å². The third-order valence-electron chi connectivity index (χ3n) is 3.27. The molecule has 3 nitrogen and oxygen atoms in total. The first-order chi connectivity index (χ1) is 9.09. The Balaban J connectivity index is 2.04. The van der Waals surface area contributed by atoms with E-state index in [0.717, 1.165) is 18.0 Å². The highest BCUT2D eigenvalue weighted by Crippen LogP contribution is 2.22.